The van der Waals surface area contributed by atoms with Crippen molar-refractivity contribution in [1.29, 1.82) is 0 Å². The summed E-state index contributed by atoms with van der Waals surface area (Å²) in [7, 11) is 0. The fourth-order valence-corrected chi connectivity index (χ4v) is 4.08. The number of rotatable bonds is 4. The molecule has 0 spiro atoms. The van der Waals surface area contributed by atoms with E-state index < -0.39 is 6.10 Å². The van der Waals surface area contributed by atoms with Crippen LogP contribution < -0.4 is 0 Å². The Morgan fingerprint density at radius 2 is 1.93 bits per heavy atom. The van der Waals surface area contributed by atoms with Crippen LogP contribution in [0.4, 0.5) is 0 Å². The van der Waals surface area contributed by atoms with Crippen LogP contribution in [0.25, 0.3) is 16.3 Å². The van der Waals surface area contributed by atoms with Crippen LogP contribution in [-0.4, -0.2) is 11.4 Å². The van der Waals surface area contributed by atoms with Gasteiger partial charge in [-0.15, -0.1) is 0 Å². The molecule has 0 radical (unpaired) electrons. The summed E-state index contributed by atoms with van der Waals surface area (Å²) in [5.74, 6) is 0.789. The average molecular weight is 365 g/mol. The average Bonchev–Trinajstić information content (AvgIpc) is 2.59. The molecule has 2 atom stereocenters. The van der Waals surface area contributed by atoms with Crippen molar-refractivity contribution >= 4 is 22.1 Å². The Bertz CT molecular complexity index is 883. The lowest BCUT2D eigenvalue weighted by atomic mass is 9.81. The zero-order valence-corrected chi connectivity index (χ0v) is 17.6. The van der Waals surface area contributed by atoms with Crippen molar-refractivity contribution in [3.63, 3.8) is 0 Å². The molecule has 2 aromatic rings. The molecule has 0 fully saturated rings. The predicted octanol–water partition coefficient (Wildman–Crippen LogP) is 6.80. The number of hydrogen-bond acceptors (Lipinski definition) is 2. The highest BCUT2D eigenvalue weighted by molar-refractivity contribution is 5.98. The highest BCUT2D eigenvalue weighted by Gasteiger charge is 2.30. The van der Waals surface area contributed by atoms with E-state index in [-0.39, 0.29) is 11.4 Å². The highest BCUT2D eigenvalue weighted by Crippen LogP contribution is 2.41. The molecule has 2 nitrogen and oxygen atoms in total. The summed E-state index contributed by atoms with van der Waals surface area (Å²) in [4.78, 5) is 12.7. The van der Waals surface area contributed by atoms with E-state index in [1.807, 2.05) is 20.8 Å². The van der Waals surface area contributed by atoms with Crippen LogP contribution in [0.2, 0.25) is 0 Å². The Kier molecular flexibility index (Phi) is 5.58. The lowest BCUT2D eigenvalue weighted by Crippen LogP contribution is -2.27. The van der Waals surface area contributed by atoms with Gasteiger partial charge in [0, 0.05) is 0 Å². The van der Waals surface area contributed by atoms with Gasteiger partial charge in [0.05, 0.1) is 5.60 Å². The maximum atomic E-state index is 12.7. The Morgan fingerprint density at radius 3 is 2.52 bits per heavy atom. The number of carbonyl (C=O) groups excluding carboxylic acids is 1. The van der Waals surface area contributed by atoms with E-state index in [0.717, 1.165) is 29.9 Å². The Balaban J connectivity index is 2.29. The largest absolute Gasteiger partial charge is 0.360 e. The van der Waals surface area contributed by atoms with E-state index in [1.165, 1.54) is 28.3 Å². The van der Waals surface area contributed by atoms with Gasteiger partial charge in [-0.2, -0.15) is 0 Å². The van der Waals surface area contributed by atoms with Gasteiger partial charge in [0.2, 0.25) is 0 Å². The van der Waals surface area contributed by atoms with Gasteiger partial charge >= 0.3 is 0 Å². The maximum absolute atomic E-state index is 12.7. The van der Waals surface area contributed by atoms with Crippen LogP contribution in [0.15, 0.2) is 36.4 Å². The quantitative estimate of drug-likeness (QED) is 0.596. The van der Waals surface area contributed by atoms with Crippen molar-refractivity contribution in [2.24, 2.45) is 5.92 Å². The molecule has 2 aromatic carbocycles. The third-order valence-electron chi connectivity index (χ3n) is 5.39. The smallest absolute Gasteiger partial charge is 0.163 e. The summed E-state index contributed by atoms with van der Waals surface area (Å²) in [5, 5.41) is 2.45. The summed E-state index contributed by atoms with van der Waals surface area (Å²) < 4.78 is 6.29. The highest BCUT2D eigenvalue weighted by atomic mass is 16.5. The van der Waals surface area contributed by atoms with E-state index >= 15 is 0 Å². The van der Waals surface area contributed by atoms with Crippen molar-refractivity contribution in [3.05, 3.63) is 53.1 Å². The molecule has 0 bridgehead atoms. The monoisotopic (exact) mass is 364 g/mol. The second-order valence-electron chi connectivity index (χ2n) is 9.03. The number of fused-ring (bicyclic) bond motifs is 1. The minimum Gasteiger partial charge on any atom is -0.360 e. The number of benzene rings is 2. The second kappa shape index (κ2) is 7.59. The molecule has 0 aromatic heterocycles. The van der Waals surface area contributed by atoms with Crippen LogP contribution in [0.1, 0.15) is 76.7 Å². The van der Waals surface area contributed by atoms with Crippen molar-refractivity contribution in [2.45, 2.75) is 72.5 Å². The predicted molar refractivity (Wildman–Crippen MR) is 114 cm³/mol. The van der Waals surface area contributed by atoms with E-state index in [4.69, 9.17) is 4.74 Å². The third-order valence-corrected chi connectivity index (χ3v) is 5.39. The lowest BCUT2D eigenvalue weighted by molar-refractivity contribution is -0.138. The Morgan fingerprint density at radius 1 is 1.22 bits per heavy atom. The summed E-state index contributed by atoms with van der Waals surface area (Å²) in [6.45, 7) is 12.1. The maximum Gasteiger partial charge on any atom is 0.163 e. The van der Waals surface area contributed by atoms with Crippen molar-refractivity contribution in [2.75, 3.05) is 0 Å². The van der Waals surface area contributed by atoms with E-state index in [0.29, 0.717) is 0 Å². The van der Waals surface area contributed by atoms with Gasteiger partial charge in [-0.05, 0) is 92.8 Å². The van der Waals surface area contributed by atoms with Gasteiger partial charge in [-0.1, -0.05) is 43.3 Å². The molecule has 0 heterocycles. The molecule has 1 aliphatic rings. The molecule has 144 valence electrons. The molecular formula is C25H32O2. The molecule has 2 heteroatoms. The molecule has 27 heavy (non-hydrogen) atoms. The van der Waals surface area contributed by atoms with Gasteiger partial charge < -0.3 is 4.74 Å². The fourth-order valence-electron chi connectivity index (χ4n) is 4.08. The van der Waals surface area contributed by atoms with E-state index in [1.54, 1.807) is 6.92 Å². The van der Waals surface area contributed by atoms with Crippen molar-refractivity contribution in [1.82, 2.24) is 0 Å². The molecule has 1 aliphatic carbocycles. The molecule has 0 aliphatic heterocycles. The Hall–Kier alpha value is -1.93. The number of ketones is 1. The zero-order chi connectivity index (χ0) is 19.8. The van der Waals surface area contributed by atoms with E-state index in [2.05, 4.69) is 50.3 Å². The molecule has 0 saturated heterocycles. The summed E-state index contributed by atoms with van der Waals surface area (Å²) in [6, 6.07) is 10.7. The number of aryl methyl sites for hydroxylation is 1. The van der Waals surface area contributed by atoms with E-state index in [9.17, 15) is 4.79 Å². The molecule has 1 unspecified atom stereocenters. The second-order valence-corrected chi connectivity index (χ2v) is 9.03. The van der Waals surface area contributed by atoms with Gasteiger partial charge in [0.1, 0.15) is 6.10 Å². The van der Waals surface area contributed by atoms with Crippen LogP contribution in [0, 0.1) is 12.8 Å². The van der Waals surface area contributed by atoms with Gasteiger partial charge in [-0.3, -0.25) is 4.79 Å². The van der Waals surface area contributed by atoms with Gasteiger partial charge in [0.25, 0.3) is 0 Å². The van der Waals surface area contributed by atoms with Crippen LogP contribution in [0.5, 0.6) is 0 Å². The minimum absolute atomic E-state index is 0.0642. The summed E-state index contributed by atoms with van der Waals surface area (Å²) in [5.41, 5.74) is 4.39. The zero-order valence-electron chi connectivity index (χ0n) is 17.6. The summed E-state index contributed by atoms with van der Waals surface area (Å²) in [6.07, 6.45) is 5.19. The first kappa shape index (κ1) is 19.8. The lowest BCUT2D eigenvalue weighted by Gasteiger charge is -2.31. The van der Waals surface area contributed by atoms with Crippen molar-refractivity contribution in [3.8, 4) is 0 Å². The van der Waals surface area contributed by atoms with Gasteiger partial charge in [0.15, 0.2) is 5.78 Å². The number of allylic oxidation sites excluding steroid dienone is 2. The summed E-state index contributed by atoms with van der Waals surface area (Å²) >= 11 is 0. The van der Waals surface area contributed by atoms with Crippen molar-refractivity contribution < 1.29 is 9.53 Å². The topological polar surface area (TPSA) is 26.3 Å². The Labute approximate surface area is 163 Å². The molecule has 0 amide bonds. The minimum atomic E-state index is -0.537. The number of carbonyl (C=O) groups is 1. The molecule has 0 N–H and O–H groups in total. The molecule has 0 saturated carbocycles. The van der Waals surface area contributed by atoms with Crippen LogP contribution in [0.3, 0.4) is 0 Å². The standard InChI is InChI=1S/C25H32O2/c1-16-11-13-19(14-12-16)23-21-10-8-7-9-20(21)15-17(2)22(23)24(18(3)26)27-25(4,5)6/h7-10,13,15-16,24H,11-12,14H2,1-6H3/t16?,24-/m1/s1. The first-order valence-corrected chi connectivity index (χ1v) is 10.1. The number of Topliss-reactive ketones (excluding diaryl/α,β-unsaturated/α-hetero) is 1. The first-order valence-electron chi connectivity index (χ1n) is 10.1. The molecule has 3 rings (SSSR count). The normalized spacial score (nSPS) is 19.0. The fraction of sp³-hybridized carbons (Fsp3) is 0.480. The SMILES string of the molecule is CC(=O)[C@@H](OC(C)(C)C)c1c(C)cc2ccccc2c1C1=CCC(C)CC1. The number of hydrogen-bond donors (Lipinski definition) is 0. The number of ether oxygens (including phenoxy) is 1. The van der Waals surface area contributed by atoms with Crippen LogP contribution >= 0.6 is 0 Å². The van der Waals surface area contributed by atoms with Crippen LogP contribution in [-0.2, 0) is 9.53 Å². The first-order chi connectivity index (χ1) is 12.7. The van der Waals surface area contributed by atoms with Gasteiger partial charge in [-0.25, -0.2) is 0 Å². The third kappa shape index (κ3) is 4.32. The molecular weight excluding hydrogens is 332 g/mol.